The maximum absolute atomic E-state index is 12.0. The Bertz CT molecular complexity index is 446. The standard InChI is InChI=1S/C10H13N3O3S/c11-12-9(15)7-1-2-8(17-7)10(16)13-4-3-6(14)5-13/h1-2,6,14H,3-5,11H2,(H,12,15). The third-order valence-corrected chi connectivity index (χ3v) is 3.69. The number of nitrogen functional groups attached to an aromatic ring is 1. The first-order valence-electron chi connectivity index (χ1n) is 5.20. The van der Waals surface area contributed by atoms with E-state index >= 15 is 0 Å². The zero-order valence-corrected chi connectivity index (χ0v) is 9.87. The first kappa shape index (κ1) is 12.0. The smallest absolute Gasteiger partial charge is 0.275 e. The van der Waals surface area contributed by atoms with Crippen LogP contribution in [-0.2, 0) is 0 Å². The molecule has 92 valence electrons. The predicted molar refractivity (Wildman–Crippen MR) is 62.5 cm³/mol. The van der Waals surface area contributed by atoms with Gasteiger partial charge in [0.2, 0.25) is 0 Å². The van der Waals surface area contributed by atoms with Crippen molar-refractivity contribution in [2.24, 2.45) is 5.84 Å². The number of hydrogen-bond acceptors (Lipinski definition) is 5. The Hall–Kier alpha value is -1.44. The molecule has 2 amide bonds. The van der Waals surface area contributed by atoms with Crippen molar-refractivity contribution in [2.45, 2.75) is 12.5 Å². The van der Waals surface area contributed by atoms with Gasteiger partial charge in [0.15, 0.2) is 0 Å². The quantitative estimate of drug-likeness (QED) is 0.379. The summed E-state index contributed by atoms with van der Waals surface area (Å²) >= 11 is 1.10. The number of hydrazine groups is 1. The lowest BCUT2D eigenvalue weighted by molar-refractivity contribution is 0.0769. The minimum absolute atomic E-state index is 0.150. The van der Waals surface area contributed by atoms with Gasteiger partial charge in [0.05, 0.1) is 15.9 Å². The molecule has 1 atom stereocenters. The maximum Gasteiger partial charge on any atom is 0.275 e. The first-order chi connectivity index (χ1) is 8.11. The van der Waals surface area contributed by atoms with Crippen LogP contribution < -0.4 is 11.3 Å². The molecule has 1 aromatic heterocycles. The second kappa shape index (κ2) is 4.82. The van der Waals surface area contributed by atoms with Crippen molar-refractivity contribution in [2.75, 3.05) is 13.1 Å². The average Bonchev–Trinajstić information content (AvgIpc) is 2.95. The number of carbonyl (C=O) groups excluding carboxylic acids is 2. The molecule has 17 heavy (non-hydrogen) atoms. The number of nitrogens with zero attached hydrogens (tertiary/aromatic N) is 1. The summed E-state index contributed by atoms with van der Waals surface area (Å²) in [5, 5.41) is 9.36. The molecule has 1 fully saturated rings. The number of aliphatic hydroxyl groups is 1. The van der Waals surface area contributed by atoms with Crippen molar-refractivity contribution in [1.29, 1.82) is 0 Å². The van der Waals surface area contributed by atoms with Crippen molar-refractivity contribution >= 4 is 23.2 Å². The van der Waals surface area contributed by atoms with E-state index in [0.29, 0.717) is 29.3 Å². The van der Waals surface area contributed by atoms with Crippen molar-refractivity contribution in [3.8, 4) is 0 Å². The molecule has 0 radical (unpaired) electrons. The van der Waals surface area contributed by atoms with Gasteiger partial charge in [0.1, 0.15) is 0 Å². The normalized spacial score (nSPS) is 19.4. The fourth-order valence-corrected chi connectivity index (χ4v) is 2.61. The predicted octanol–water partition coefficient (Wildman–Crippen LogP) is -0.442. The number of likely N-dealkylation sites (tertiary alicyclic amines) is 1. The molecule has 1 aromatic rings. The lowest BCUT2D eigenvalue weighted by Gasteiger charge is -2.13. The van der Waals surface area contributed by atoms with Crippen LogP contribution in [0.15, 0.2) is 12.1 Å². The highest BCUT2D eigenvalue weighted by Gasteiger charge is 2.26. The number of aliphatic hydroxyl groups excluding tert-OH is 1. The van der Waals surface area contributed by atoms with Crippen LogP contribution in [-0.4, -0.2) is 41.0 Å². The SMILES string of the molecule is NNC(=O)c1ccc(C(=O)N2CCC(O)C2)s1. The molecule has 4 N–H and O–H groups in total. The highest BCUT2D eigenvalue weighted by atomic mass is 32.1. The molecule has 7 heteroatoms. The van der Waals surface area contributed by atoms with Crippen LogP contribution in [0.1, 0.15) is 25.8 Å². The third kappa shape index (κ3) is 2.46. The number of nitrogens with two attached hydrogens (primary N) is 1. The first-order valence-corrected chi connectivity index (χ1v) is 6.01. The molecular weight excluding hydrogens is 242 g/mol. The molecule has 0 aliphatic carbocycles. The molecule has 1 aliphatic heterocycles. The second-order valence-electron chi connectivity index (χ2n) is 3.83. The monoisotopic (exact) mass is 255 g/mol. The summed E-state index contributed by atoms with van der Waals surface area (Å²) in [6, 6.07) is 3.16. The van der Waals surface area contributed by atoms with Crippen molar-refractivity contribution in [3.63, 3.8) is 0 Å². The van der Waals surface area contributed by atoms with Crippen LogP contribution in [0.4, 0.5) is 0 Å². The van der Waals surface area contributed by atoms with Crippen LogP contribution in [0.25, 0.3) is 0 Å². The number of β-amino-alcohol motifs (C(OH)–C–C–N with tert-alkyl or cyclic N) is 1. The molecule has 1 saturated heterocycles. The number of amides is 2. The fraction of sp³-hybridized carbons (Fsp3) is 0.400. The minimum atomic E-state index is -0.439. The van der Waals surface area contributed by atoms with Gasteiger partial charge in [-0.25, -0.2) is 5.84 Å². The molecule has 6 nitrogen and oxygen atoms in total. The van der Waals surface area contributed by atoms with Gasteiger partial charge in [-0.2, -0.15) is 0 Å². The number of thiophene rings is 1. The van der Waals surface area contributed by atoms with Gasteiger partial charge in [-0.15, -0.1) is 11.3 Å². The topological polar surface area (TPSA) is 95.7 Å². The summed E-state index contributed by atoms with van der Waals surface area (Å²) in [5.41, 5.74) is 2.02. The van der Waals surface area contributed by atoms with Gasteiger partial charge >= 0.3 is 0 Å². The van der Waals surface area contributed by atoms with Gasteiger partial charge in [0.25, 0.3) is 11.8 Å². The van der Waals surface area contributed by atoms with E-state index in [1.54, 1.807) is 17.0 Å². The molecular formula is C10H13N3O3S. The molecule has 2 heterocycles. The zero-order chi connectivity index (χ0) is 12.4. The van der Waals surface area contributed by atoms with Crippen LogP contribution in [0, 0.1) is 0 Å². The van der Waals surface area contributed by atoms with E-state index in [4.69, 9.17) is 5.84 Å². The second-order valence-corrected chi connectivity index (χ2v) is 4.91. The van der Waals surface area contributed by atoms with E-state index in [2.05, 4.69) is 0 Å². The Labute approximate surface area is 102 Å². The summed E-state index contributed by atoms with van der Waals surface area (Å²) in [6.07, 6.45) is 0.165. The largest absolute Gasteiger partial charge is 0.391 e. The Balaban J connectivity index is 2.09. The van der Waals surface area contributed by atoms with Gasteiger partial charge < -0.3 is 10.0 Å². The Morgan fingerprint density at radius 2 is 2.18 bits per heavy atom. The van der Waals surface area contributed by atoms with Gasteiger partial charge in [0, 0.05) is 13.1 Å². The minimum Gasteiger partial charge on any atom is -0.391 e. The van der Waals surface area contributed by atoms with E-state index < -0.39 is 12.0 Å². The van der Waals surface area contributed by atoms with Gasteiger partial charge in [-0.05, 0) is 18.6 Å². The van der Waals surface area contributed by atoms with Crippen LogP contribution >= 0.6 is 11.3 Å². The summed E-state index contributed by atoms with van der Waals surface area (Å²) in [4.78, 5) is 25.7. The van der Waals surface area contributed by atoms with E-state index in [1.165, 1.54) is 0 Å². The summed E-state index contributed by atoms with van der Waals surface area (Å²) in [5.74, 6) is 4.45. The van der Waals surface area contributed by atoms with Crippen molar-refractivity contribution in [3.05, 3.63) is 21.9 Å². The molecule has 1 unspecified atom stereocenters. The number of nitrogens with one attached hydrogen (secondary N) is 1. The molecule has 1 aliphatic rings. The molecule has 0 aromatic carbocycles. The van der Waals surface area contributed by atoms with Gasteiger partial charge in [-0.3, -0.25) is 15.0 Å². The lowest BCUT2D eigenvalue weighted by Crippen LogP contribution is -2.29. The maximum atomic E-state index is 12.0. The number of hydrogen-bond donors (Lipinski definition) is 3. The average molecular weight is 255 g/mol. The van der Waals surface area contributed by atoms with Crippen LogP contribution in [0.3, 0.4) is 0 Å². The molecule has 2 rings (SSSR count). The van der Waals surface area contributed by atoms with Crippen LogP contribution in [0.2, 0.25) is 0 Å². The third-order valence-electron chi connectivity index (χ3n) is 2.62. The Morgan fingerprint density at radius 1 is 1.47 bits per heavy atom. The molecule has 0 saturated carbocycles. The lowest BCUT2D eigenvalue weighted by atomic mass is 10.3. The van der Waals surface area contributed by atoms with Gasteiger partial charge in [-0.1, -0.05) is 0 Å². The van der Waals surface area contributed by atoms with Crippen LogP contribution in [0.5, 0.6) is 0 Å². The zero-order valence-electron chi connectivity index (χ0n) is 9.05. The summed E-state index contributed by atoms with van der Waals surface area (Å²) in [7, 11) is 0. The number of carbonyl (C=O) groups is 2. The summed E-state index contributed by atoms with van der Waals surface area (Å²) < 4.78 is 0. The molecule has 0 spiro atoms. The Morgan fingerprint density at radius 3 is 2.76 bits per heavy atom. The Kier molecular flexibility index (Phi) is 3.41. The highest BCUT2D eigenvalue weighted by Crippen LogP contribution is 2.20. The fourth-order valence-electron chi connectivity index (χ4n) is 1.73. The van der Waals surface area contributed by atoms with Crippen molar-refractivity contribution < 1.29 is 14.7 Å². The van der Waals surface area contributed by atoms with Crippen molar-refractivity contribution in [1.82, 2.24) is 10.3 Å². The summed E-state index contributed by atoms with van der Waals surface area (Å²) in [6.45, 7) is 0.908. The molecule has 0 bridgehead atoms. The van der Waals surface area contributed by atoms with E-state index in [1.807, 2.05) is 5.43 Å². The highest BCUT2D eigenvalue weighted by molar-refractivity contribution is 7.15. The number of rotatable bonds is 2. The van der Waals surface area contributed by atoms with E-state index in [0.717, 1.165) is 11.3 Å². The van der Waals surface area contributed by atoms with E-state index in [-0.39, 0.29) is 5.91 Å². The van der Waals surface area contributed by atoms with E-state index in [9.17, 15) is 14.7 Å².